The van der Waals surface area contributed by atoms with Gasteiger partial charge in [-0.05, 0) is 35.7 Å². The molecular weight excluding hydrogens is 252 g/mol. The monoisotopic (exact) mass is 272 g/mol. The molecule has 0 saturated carbocycles. The van der Waals surface area contributed by atoms with Crippen LogP contribution in [0, 0.1) is 5.92 Å². The summed E-state index contributed by atoms with van der Waals surface area (Å²) in [5.41, 5.74) is -0.719. The molecule has 0 fully saturated rings. The molecule has 2 unspecified atom stereocenters. The Labute approximate surface area is 118 Å². The number of fused-ring (bicyclic) bond motifs is 1. The molecule has 2 rings (SSSR count). The van der Waals surface area contributed by atoms with Crippen molar-refractivity contribution in [2.75, 3.05) is 0 Å². The Morgan fingerprint density at radius 3 is 2.45 bits per heavy atom. The van der Waals surface area contributed by atoms with Crippen LogP contribution in [-0.2, 0) is 10.4 Å². The molecule has 0 aliphatic heterocycles. The van der Waals surface area contributed by atoms with E-state index in [1.54, 1.807) is 6.92 Å². The fourth-order valence-corrected chi connectivity index (χ4v) is 2.64. The molecule has 106 valence electrons. The topological polar surface area (TPSA) is 57.5 Å². The van der Waals surface area contributed by atoms with Crippen LogP contribution in [0.1, 0.15) is 32.3 Å². The van der Waals surface area contributed by atoms with Crippen LogP contribution in [0.2, 0.25) is 0 Å². The number of rotatable bonds is 5. The minimum absolute atomic E-state index is 0.454. The lowest BCUT2D eigenvalue weighted by Gasteiger charge is -2.30. The van der Waals surface area contributed by atoms with Crippen LogP contribution in [0.25, 0.3) is 10.8 Å². The van der Waals surface area contributed by atoms with Gasteiger partial charge >= 0.3 is 5.97 Å². The lowest BCUT2D eigenvalue weighted by Crippen LogP contribution is -2.37. The molecular formula is C17H20O3. The fourth-order valence-electron chi connectivity index (χ4n) is 2.64. The molecule has 2 N–H and O–H groups in total. The third kappa shape index (κ3) is 2.68. The molecule has 0 aliphatic carbocycles. The van der Waals surface area contributed by atoms with Crippen LogP contribution in [0.15, 0.2) is 42.5 Å². The predicted octanol–water partition coefficient (Wildman–Crippen LogP) is 3.55. The highest BCUT2D eigenvalue weighted by molar-refractivity contribution is 5.83. The Balaban J connectivity index is 2.46. The number of hydrogen-bond acceptors (Lipinski definition) is 2. The van der Waals surface area contributed by atoms with E-state index in [-0.39, 0.29) is 0 Å². The van der Waals surface area contributed by atoms with Gasteiger partial charge in [-0.25, -0.2) is 0 Å². The largest absolute Gasteiger partial charge is 0.481 e. The summed E-state index contributed by atoms with van der Waals surface area (Å²) in [7, 11) is 0. The molecule has 0 aromatic heterocycles. The summed E-state index contributed by atoms with van der Waals surface area (Å²) in [6.07, 6.45) is 1.18. The molecule has 0 aliphatic rings. The lowest BCUT2D eigenvalue weighted by atomic mass is 9.80. The van der Waals surface area contributed by atoms with Crippen LogP contribution in [0.5, 0.6) is 0 Å². The molecule has 0 saturated heterocycles. The van der Waals surface area contributed by atoms with Crippen LogP contribution >= 0.6 is 0 Å². The zero-order valence-electron chi connectivity index (χ0n) is 11.8. The van der Waals surface area contributed by atoms with Crippen LogP contribution < -0.4 is 0 Å². The molecule has 2 aromatic rings. The van der Waals surface area contributed by atoms with Gasteiger partial charge in [0, 0.05) is 0 Å². The number of carbonyl (C=O) groups is 1. The number of aliphatic hydroxyl groups is 1. The predicted molar refractivity (Wildman–Crippen MR) is 79.6 cm³/mol. The molecule has 2 aromatic carbocycles. The van der Waals surface area contributed by atoms with Crippen molar-refractivity contribution < 1.29 is 15.0 Å². The van der Waals surface area contributed by atoms with E-state index in [0.717, 1.165) is 17.2 Å². The van der Waals surface area contributed by atoms with Gasteiger partial charge in [0.1, 0.15) is 5.60 Å². The molecule has 0 heterocycles. The Hall–Kier alpha value is -1.87. The van der Waals surface area contributed by atoms with Crippen molar-refractivity contribution in [3.8, 4) is 0 Å². The zero-order valence-corrected chi connectivity index (χ0v) is 11.8. The normalized spacial score (nSPS) is 15.8. The average molecular weight is 272 g/mol. The quantitative estimate of drug-likeness (QED) is 0.875. The minimum Gasteiger partial charge on any atom is -0.481 e. The Morgan fingerprint density at radius 1 is 1.20 bits per heavy atom. The summed E-state index contributed by atoms with van der Waals surface area (Å²) >= 11 is 0. The summed E-state index contributed by atoms with van der Waals surface area (Å²) < 4.78 is 0. The van der Waals surface area contributed by atoms with E-state index < -0.39 is 17.5 Å². The highest BCUT2D eigenvalue weighted by Crippen LogP contribution is 2.34. The summed E-state index contributed by atoms with van der Waals surface area (Å²) in [5.74, 6) is -1.75. The standard InChI is InChI=1S/C17H20O3/c1-3-6-15(16(18)19)17(2,20)14-10-9-12-7-4-5-8-13(12)11-14/h4-5,7-11,15,20H,3,6H2,1-2H3,(H,18,19). The maximum Gasteiger partial charge on any atom is 0.309 e. The van der Waals surface area contributed by atoms with E-state index >= 15 is 0 Å². The second-order valence-corrected chi connectivity index (χ2v) is 5.39. The van der Waals surface area contributed by atoms with Crippen molar-refractivity contribution in [3.63, 3.8) is 0 Å². The Kier molecular flexibility index (Phi) is 4.09. The fraction of sp³-hybridized carbons (Fsp3) is 0.353. The van der Waals surface area contributed by atoms with Gasteiger partial charge in [-0.1, -0.05) is 49.7 Å². The summed E-state index contributed by atoms with van der Waals surface area (Å²) in [5, 5.41) is 22.2. The highest BCUT2D eigenvalue weighted by Gasteiger charge is 2.38. The van der Waals surface area contributed by atoms with E-state index in [9.17, 15) is 15.0 Å². The highest BCUT2D eigenvalue weighted by atomic mass is 16.4. The van der Waals surface area contributed by atoms with Gasteiger partial charge in [-0.2, -0.15) is 0 Å². The molecule has 2 atom stereocenters. The van der Waals surface area contributed by atoms with Crippen LogP contribution in [-0.4, -0.2) is 16.2 Å². The van der Waals surface area contributed by atoms with Gasteiger partial charge in [0.2, 0.25) is 0 Å². The molecule has 0 amide bonds. The first kappa shape index (κ1) is 14.5. The second-order valence-electron chi connectivity index (χ2n) is 5.39. The summed E-state index contributed by atoms with van der Waals surface area (Å²) in [6, 6.07) is 13.5. The van der Waals surface area contributed by atoms with E-state index in [4.69, 9.17) is 0 Å². The van der Waals surface area contributed by atoms with Gasteiger partial charge < -0.3 is 10.2 Å². The van der Waals surface area contributed by atoms with Crippen molar-refractivity contribution in [2.45, 2.75) is 32.3 Å². The average Bonchev–Trinajstić information content (AvgIpc) is 2.43. The van der Waals surface area contributed by atoms with Crippen molar-refractivity contribution in [1.29, 1.82) is 0 Å². The second kappa shape index (κ2) is 5.63. The summed E-state index contributed by atoms with van der Waals surface area (Å²) in [6.45, 7) is 3.51. The van der Waals surface area contributed by atoms with E-state index in [0.29, 0.717) is 12.0 Å². The van der Waals surface area contributed by atoms with E-state index in [1.165, 1.54) is 0 Å². The number of hydrogen-bond donors (Lipinski definition) is 2. The zero-order chi connectivity index (χ0) is 14.8. The lowest BCUT2D eigenvalue weighted by molar-refractivity contribution is -0.152. The molecule has 3 heteroatoms. The first-order valence-corrected chi connectivity index (χ1v) is 6.91. The molecule has 0 spiro atoms. The number of carboxylic acids is 1. The smallest absolute Gasteiger partial charge is 0.309 e. The van der Waals surface area contributed by atoms with E-state index in [1.807, 2.05) is 49.4 Å². The SMILES string of the molecule is CCCC(C(=O)O)C(C)(O)c1ccc2ccccc2c1. The maximum absolute atomic E-state index is 11.4. The van der Waals surface area contributed by atoms with Gasteiger partial charge in [-0.3, -0.25) is 4.79 Å². The van der Waals surface area contributed by atoms with Crippen molar-refractivity contribution >= 4 is 16.7 Å². The number of benzene rings is 2. The number of aliphatic carboxylic acids is 1. The first-order chi connectivity index (χ1) is 9.46. The van der Waals surface area contributed by atoms with Gasteiger partial charge in [0.05, 0.1) is 5.92 Å². The van der Waals surface area contributed by atoms with Crippen molar-refractivity contribution in [3.05, 3.63) is 48.0 Å². The van der Waals surface area contributed by atoms with Crippen LogP contribution in [0.3, 0.4) is 0 Å². The molecule has 0 bridgehead atoms. The maximum atomic E-state index is 11.4. The Bertz CT molecular complexity index is 616. The van der Waals surface area contributed by atoms with Crippen molar-refractivity contribution in [2.24, 2.45) is 5.92 Å². The van der Waals surface area contributed by atoms with Crippen LogP contribution in [0.4, 0.5) is 0 Å². The summed E-state index contributed by atoms with van der Waals surface area (Å²) in [4.78, 5) is 11.4. The van der Waals surface area contributed by atoms with Crippen molar-refractivity contribution in [1.82, 2.24) is 0 Å². The van der Waals surface area contributed by atoms with Gasteiger partial charge in [0.25, 0.3) is 0 Å². The molecule has 3 nitrogen and oxygen atoms in total. The van der Waals surface area contributed by atoms with Gasteiger partial charge in [0.15, 0.2) is 0 Å². The minimum atomic E-state index is -1.37. The Morgan fingerprint density at radius 2 is 1.85 bits per heavy atom. The van der Waals surface area contributed by atoms with E-state index in [2.05, 4.69) is 0 Å². The molecule has 20 heavy (non-hydrogen) atoms. The third-order valence-corrected chi connectivity index (χ3v) is 3.89. The van der Waals surface area contributed by atoms with Gasteiger partial charge in [-0.15, -0.1) is 0 Å². The molecule has 0 radical (unpaired) electrons. The third-order valence-electron chi connectivity index (χ3n) is 3.89. The first-order valence-electron chi connectivity index (χ1n) is 6.91. The number of carboxylic acid groups (broad SMARTS) is 1.